The van der Waals surface area contributed by atoms with Crippen LogP contribution in [0.25, 0.3) is 17.2 Å². The maximum Gasteiger partial charge on any atom is 0.284 e. The molecule has 1 aliphatic rings. The van der Waals surface area contributed by atoms with Crippen molar-refractivity contribution in [3.63, 3.8) is 0 Å². The molecule has 0 aliphatic carbocycles. The molecule has 0 amide bonds. The average Bonchev–Trinajstić information content (AvgIpc) is 3.15. The van der Waals surface area contributed by atoms with E-state index in [1.807, 2.05) is 62.4 Å². The first-order valence-electron chi connectivity index (χ1n) is 16.8. The van der Waals surface area contributed by atoms with E-state index in [0.29, 0.717) is 17.0 Å². The highest BCUT2D eigenvalue weighted by molar-refractivity contribution is 7.99. The number of amidine groups is 1. The van der Waals surface area contributed by atoms with Crippen molar-refractivity contribution >= 4 is 50.8 Å². The van der Waals surface area contributed by atoms with Crippen LogP contribution in [0.5, 0.6) is 0 Å². The number of nitroso groups, excluding NO2 is 1. The fourth-order valence-corrected chi connectivity index (χ4v) is 7.95. The third kappa shape index (κ3) is 9.14. The van der Waals surface area contributed by atoms with Crippen molar-refractivity contribution in [1.82, 2.24) is 0 Å². The summed E-state index contributed by atoms with van der Waals surface area (Å²) in [5.41, 5.74) is 12.8. The Balaban J connectivity index is 1.09. The summed E-state index contributed by atoms with van der Waals surface area (Å²) < 4.78 is 30.4. The minimum atomic E-state index is -4.21. The molecule has 0 spiro atoms. The molecule has 0 atom stereocenters. The lowest BCUT2D eigenvalue weighted by Gasteiger charge is -2.30. The molecule has 1 aliphatic heterocycles. The van der Waals surface area contributed by atoms with Crippen molar-refractivity contribution in [2.24, 2.45) is 15.3 Å². The highest BCUT2D eigenvalue weighted by atomic mass is 32.2. The number of nitrogens with one attached hydrogen (secondary N) is 1. The molecule has 260 valence electrons. The second-order valence-electron chi connectivity index (χ2n) is 13.1. The number of sulfonamides is 1. The van der Waals surface area contributed by atoms with Crippen LogP contribution in [-0.4, -0.2) is 38.6 Å². The number of hydrogen-bond donors (Lipinski definition) is 2. The zero-order valence-electron chi connectivity index (χ0n) is 28.7. The second kappa shape index (κ2) is 15.8. The molecule has 5 aromatic carbocycles. The van der Waals surface area contributed by atoms with Crippen LogP contribution in [0.3, 0.4) is 0 Å². The fraction of sp³-hybridized carbons (Fsp3) is 0.195. The van der Waals surface area contributed by atoms with Crippen molar-refractivity contribution < 1.29 is 8.42 Å². The lowest BCUT2D eigenvalue weighted by molar-refractivity contribution is 0.598. The minimum absolute atomic E-state index is 0.0214. The lowest BCUT2D eigenvalue weighted by Crippen LogP contribution is -2.33. The van der Waals surface area contributed by atoms with Gasteiger partial charge in [0.2, 0.25) is 0 Å². The number of benzene rings is 5. The van der Waals surface area contributed by atoms with Gasteiger partial charge in [-0.15, -0.1) is 21.1 Å². The van der Waals surface area contributed by atoms with Gasteiger partial charge in [-0.3, -0.25) is 0 Å². The van der Waals surface area contributed by atoms with E-state index in [9.17, 15) is 13.3 Å². The largest absolute Gasteiger partial charge is 0.383 e. The van der Waals surface area contributed by atoms with E-state index in [4.69, 9.17) is 5.73 Å². The Morgan fingerprint density at radius 2 is 1.51 bits per heavy atom. The molecule has 0 aromatic heterocycles. The monoisotopic (exact) mass is 715 g/mol. The van der Waals surface area contributed by atoms with E-state index in [2.05, 4.69) is 74.4 Å². The molecule has 0 radical (unpaired) electrons. The summed E-state index contributed by atoms with van der Waals surface area (Å²) in [5, 5.41) is 6.44. The average molecular weight is 716 g/mol. The third-order valence-electron chi connectivity index (χ3n) is 8.74. The minimum Gasteiger partial charge on any atom is -0.383 e. The van der Waals surface area contributed by atoms with Crippen molar-refractivity contribution in [2.45, 2.75) is 42.0 Å². The Labute approximate surface area is 304 Å². The number of nitrogens with two attached hydrogens (primary N) is 1. The van der Waals surface area contributed by atoms with Crippen LogP contribution in [0.4, 0.5) is 17.1 Å². The topological polar surface area (TPSA) is 117 Å². The third-order valence-corrected chi connectivity index (χ3v) is 11.5. The zero-order chi connectivity index (χ0) is 35.8. The van der Waals surface area contributed by atoms with Crippen LogP contribution in [0, 0.1) is 4.91 Å². The molecular weight excluding hydrogens is 675 g/mol. The van der Waals surface area contributed by atoms with Gasteiger partial charge in [0.1, 0.15) is 11.5 Å². The van der Waals surface area contributed by atoms with E-state index < -0.39 is 15.6 Å². The maximum atomic E-state index is 13.3. The Morgan fingerprint density at radius 3 is 2.20 bits per heavy atom. The molecule has 8 nitrogen and oxygen atoms in total. The van der Waals surface area contributed by atoms with Crippen LogP contribution in [-0.2, 0) is 10.0 Å². The predicted molar refractivity (Wildman–Crippen MR) is 212 cm³/mol. The van der Waals surface area contributed by atoms with Crippen LogP contribution < -0.4 is 16.0 Å². The van der Waals surface area contributed by atoms with Gasteiger partial charge in [-0.05, 0) is 103 Å². The molecular formula is C41H41N5O3S2. The van der Waals surface area contributed by atoms with Crippen molar-refractivity contribution in [1.29, 1.82) is 0 Å². The number of nitrogens with zero attached hydrogens (tertiary/aromatic N) is 3. The van der Waals surface area contributed by atoms with E-state index in [1.165, 1.54) is 34.4 Å². The predicted octanol–water partition coefficient (Wildman–Crippen LogP) is 9.51. The molecule has 0 saturated carbocycles. The molecule has 1 heterocycles. The van der Waals surface area contributed by atoms with Gasteiger partial charge in [0.05, 0.1) is 10.6 Å². The Morgan fingerprint density at radius 1 is 0.863 bits per heavy atom. The molecule has 3 N–H and O–H groups in total. The summed E-state index contributed by atoms with van der Waals surface area (Å²) in [6, 6.07) is 40.6. The van der Waals surface area contributed by atoms with E-state index in [1.54, 1.807) is 30.0 Å². The standard InChI is InChI=1S/C41H41N5O3S2/c1-41(2,29-50-35-14-7-4-8-15-35)43-38-22-21-36(28-39(38)44-47)51(48,49)45-40(42)32-17-19-34(20-18-32)46-25-23-30(24-26-46)27-33-13-9-10-16-37(33)31-11-5-3-6-12-31/h3-22,27-28,43H,23-26,29H2,1-2H3,(H2,42,45). The maximum absolute atomic E-state index is 13.3. The summed E-state index contributed by atoms with van der Waals surface area (Å²) >= 11 is 1.68. The summed E-state index contributed by atoms with van der Waals surface area (Å²) in [4.78, 5) is 15.1. The summed E-state index contributed by atoms with van der Waals surface area (Å²) in [6.45, 7) is 5.76. The molecule has 1 saturated heterocycles. The summed E-state index contributed by atoms with van der Waals surface area (Å²) in [5.74, 6) is 0.569. The Kier molecular flexibility index (Phi) is 11.0. The molecule has 0 bridgehead atoms. The van der Waals surface area contributed by atoms with E-state index in [-0.39, 0.29) is 16.4 Å². The van der Waals surface area contributed by atoms with Crippen molar-refractivity contribution in [3.05, 3.63) is 149 Å². The number of thioether (sulfide) groups is 1. The first kappa shape index (κ1) is 35.6. The summed E-state index contributed by atoms with van der Waals surface area (Å²) in [7, 11) is -4.21. The van der Waals surface area contributed by atoms with Gasteiger partial charge < -0.3 is 16.0 Å². The van der Waals surface area contributed by atoms with Crippen molar-refractivity contribution in [3.8, 4) is 11.1 Å². The summed E-state index contributed by atoms with van der Waals surface area (Å²) in [6.07, 6.45) is 4.22. The number of hydrogen-bond acceptors (Lipinski definition) is 7. The Bertz CT molecular complexity index is 2140. The lowest BCUT2D eigenvalue weighted by atomic mass is 9.95. The van der Waals surface area contributed by atoms with E-state index >= 15 is 0 Å². The zero-order valence-corrected chi connectivity index (χ0v) is 30.3. The second-order valence-corrected chi connectivity index (χ2v) is 15.8. The first-order valence-corrected chi connectivity index (χ1v) is 19.3. The molecule has 1 fully saturated rings. The van der Waals surface area contributed by atoms with Crippen LogP contribution in [0.2, 0.25) is 0 Å². The van der Waals surface area contributed by atoms with Gasteiger partial charge in [0, 0.05) is 40.5 Å². The van der Waals surface area contributed by atoms with Gasteiger partial charge in [-0.25, -0.2) is 0 Å². The van der Waals surface area contributed by atoms with Crippen molar-refractivity contribution in [2.75, 3.05) is 29.1 Å². The Hall–Kier alpha value is -5.19. The number of piperidine rings is 1. The molecule has 6 rings (SSSR count). The normalized spacial score (nSPS) is 13.9. The van der Waals surface area contributed by atoms with E-state index in [0.717, 1.165) is 36.5 Å². The van der Waals surface area contributed by atoms with Crippen LogP contribution in [0.15, 0.2) is 152 Å². The highest BCUT2D eigenvalue weighted by Gasteiger charge is 2.23. The first-order chi connectivity index (χ1) is 24.6. The fourth-order valence-electron chi connectivity index (χ4n) is 6.03. The van der Waals surface area contributed by atoms with Crippen LogP contribution >= 0.6 is 11.8 Å². The van der Waals surface area contributed by atoms with Gasteiger partial charge in [-0.2, -0.15) is 8.42 Å². The number of anilines is 2. The van der Waals surface area contributed by atoms with Gasteiger partial charge in [-0.1, -0.05) is 84.4 Å². The smallest absolute Gasteiger partial charge is 0.284 e. The van der Waals surface area contributed by atoms with Crippen LogP contribution in [0.1, 0.15) is 37.8 Å². The molecule has 51 heavy (non-hydrogen) atoms. The molecule has 5 aromatic rings. The molecule has 10 heteroatoms. The number of rotatable bonds is 12. The van der Waals surface area contributed by atoms with Gasteiger partial charge >= 0.3 is 0 Å². The molecule has 0 unspecified atom stereocenters. The van der Waals surface area contributed by atoms with Gasteiger partial charge in [0.15, 0.2) is 0 Å². The van der Waals surface area contributed by atoms with Gasteiger partial charge in [0.25, 0.3) is 10.0 Å². The quantitative estimate of drug-likeness (QED) is 0.0572. The SMILES string of the molecule is CC(C)(CSc1ccccc1)Nc1ccc(S(=O)(=O)N=C(N)c2ccc(N3CCC(=Cc4ccccc4-c4ccccc4)CC3)cc2)cc1N=O. The highest BCUT2D eigenvalue weighted by Crippen LogP contribution is 2.33.